The van der Waals surface area contributed by atoms with Gasteiger partial charge in [-0.15, -0.1) is 22.7 Å². The minimum atomic E-state index is -0.380. The predicted octanol–water partition coefficient (Wildman–Crippen LogP) is 7.02. The molecule has 0 spiro atoms. The number of amides is 1. The number of methoxy groups -OCH3 is 1. The van der Waals surface area contributed by atoms with Gasteiger partial charge in [-0.3, -0.25) is 4.79 Å². The molecule has 7 nitrogen and oxygen atoms in total. The van der Waals surface area contributed by atoms with Crippen LogP contribution in [0.1, 0.15) is 28.1 Å². The first-order valence-electron chi connectivity index (χ1n) is 15.1. The van der Waals surface area contributed by atoms with E-state index in [1.165, 1.54) is 29.3 Å². The largest absolute Gasteiger partial charge is 0.490 e. The Morgan fingerprint density at radius 1 is 1.11 bits per heavy atom. The van der Waals surface area contributed by atoms with Gasteiger partial charge in [-0.25, -0.2) is 14.4 Å². The number of thiophene rings is 1. The van der Waals surface area contributed by atoms with Crippen LogP contribution in [0.3, 0.4) is 0 Å². The van der Waals surface area contributed by atoms with Crippen LogP contribution in [0.2, 0.25) is 0 Å². The number of halogens is 1. The van der Waals surface area contributed by atoms with E-state index in [1.54, 1.807) is 40.7 Å². The van der Waals surface area contributed by atoms with Crippen molar-refractivity contribution in [2.75, 3.05) is 33.4 Å². The maximum atomic E-state index is 14.6. The maximum Gasteiger partial charge on any atom is 0.246 e. The molecule has 1 amide bonds. The zero-order valence-electron chi connectivity index (χ0n) is 25.0. The SMILES string of the molecule is C=CC(=O)N1CCc2nc(-c3nc(-c4ccc5c(c4)CNCCC5)c4ccsc4c3-c3ccc(F)cc3OCCOC)sc2C1. The van der Waals surface area contributed by atoms with Gasteiger partial charge >= 0.3 is 0 Å². The van der Waals surface area contributed by atoms with Gasteiger partial charge in [-0.05, 0) is 66.2 Å². The molecular weight excluding hydrogens is 608 g/mol. The van der Waals surface area contributed by atoms with Gasteiger partial charge < -0.3 is 19.7 Å². The van der Waals surface area contributed by atoms with E-state index in [1.807, 2.05) is 0 Å². The summed E-state index contributed by atoms with van der Waals surface area (Å²) >= 11 is 3.19. The van der Waals surface area contributed by atoms with E-state index in [0.29, 0.717) is 31.9 Å². The Kier molecular flexibility index (Phi) is 8.46. The summed E-state index contributed by atoms with van der Waals surface area (Å²) in [6.07, 6.45) is 4.20. The molecule has 0 bridgehead atoms. The zero-order valence-corrected chi connectivity index (χ0v) is 26.7. The average molecular weight is 641 g/mol. The highest BCUT2D eigenvalue weighted by atomic mass is 32.1. The molecule has 3 aromatic heterocycles. The lowest BCUT2D eigenvalue weighted by atomic mass is 9.96. The van der Waals surface area contributed by atoms with Crippen LogP contribution in [0.15, 0.2) is 60.5 Å². The summed E-state index contributed by atoms with van der Waals surface area (Å²) in [5.74, 6) is -0.0358. The first kappa shape index (κ1) is 29.7. The van der Waals surface area contributed by atoms with Gasteiger partial charge in [0, 0.05) is 64.3 Å². The molecule has 10 heteroatoms. The fourth-order valence-electron chi connectivity index (χ4n) is 6.13. The number of ether oxygens (including phenoxy) is 2. The molecule has 2 aromatic carbocycles. The predicted molar refractivity (Wildman–Crippen MR) is 178 cm³/mol. The number of fused-ring (bicyclic) bond motifs is 3. The Morgan fingerprint density at radius 3 is 2.89 bits per heavy atom. The molecule has 1 N–H and O–H groups in total. The number of carbonyl (C=O) groups is 1. The van der Waals surface area contributed by atoms with Gasteiger partial charge in [-0.1, -0.05) is 18.7 Å². The van der Waals surface area contributed by atoms with E-state index in [9.17, 15) is 9.18 Å². The molecule has 0 radical (unpaired) electrons. The standard InChI is InChI=1S/C35H33FN4O3S2/c1-3-30(41)40-13-10-27-29(20-40)45-35(38-27)33-31(25-9-8-24(36)18-28(25)43-15-14-42-2)34-26(11-16-44-34)32(39-33)22-7-6-21-5-4-12-37-19-23(21)17-22/h3,6-9,11,16-18,37H,1,4-5,10,12-15,19-20H2,2H3. The van der Waals surface area contributed by atoms with Crippen molar-refractivity contribution in [3.63, 3.8) is 0 Å². The fraction of sp³-hybridized carbons (Fsp3) is 0.286. The van der Waals surface area contributed by atoms with Gasteiger partial charge in [0.2, 0.25) is 5.91 Å². The lowest BCUT2D eigenvalue weighted by Crippen LogP contribution is -2.34. The zero-order chi connectivity index (χ0) is 30.9. The van der Waals surface area contributed by atoms with Gasteiger partial charge in [0.15, 0.2) is 0 Å². The molecule has 5 aromatic rings. The number of thiazole rings is 1. The minimum Gasteiger partial charge on any atom is -0.490 e. The van der Waals surface area contributed by atoms with Gasteiger partial charge in [0.1, 0.15) is 28.9 Å². The summed E-state index contributed by atoms with van der Waals surface area (Å²) in [6.45, 7) is 7.24. The second-order valence-corrected chi connectivity index (χ2v) is 13.2. The topological polar surface area (TPSA) is 76.6 Å². The summed E-state index contributed by atoms with van der Waals surface area (Å²) in [5.41, 5.74) is 7.91. The van der Waals surface area contributed by atoms with Crippen LogP contribution in [0.25, 0.3) is 43.2 Å². The molecule has 0 fully saturated rings. The Hall–Kier alpha value is -3.96. The summed E-state index contributed by atoms with van der Waals surface area (Å²) in [7, 11) is 1.61. The van der Waals surface area contributed by atoms with E-state index < -0.39 is 0 Å². The minimum absolute atomic E-state index is 0.0847. The molecule has 0 saturated carbocycles. The number of carbonyl (C=O) groups excluding carboxylic acids is 1. The number of hydrogen-bond acceptors (Lipinski definition) is 8. The molecule has 230 valence electrons. The normalized spacial score (nSPS) is 14.6. The highest BCUT2D eigenvalue weighted by molar-refractivity contribution is 7.18. The van der Waals surface area contributed by atoms with Gasteiger partial charge in [0.25, 0.3) is 0 Å². The summed E-state index contributed by atoms with van der Waals surface area (Å²) in [5, 5.41) is 7.41. The average Bonchev–Trinajstić information content (AvgIpc) is 3.65. The molecule has 0 saturated heterocycles. The van der Waals surface area contributed by atoms with Crippen LogP contribution in [-0.2, 0) is 35.5 Å². The Morgan fingerprint density at radius 2 is 2.02 bits per heavy atom. The molecule has 0 unspecified atom stereocenters. The second-order valence-electron chi connectivity index (χ2n) is 11.2. The summed E-state index contributed by atoms with van der Waals surface area (Å²) in [6, 6.07) is 13.4. The number of hydrogen-bond donors (Lipinski definition) is 1. The van der Waals surface area contributed by atoms with Crippen molar-refractivity contribution in [3.05, 3.63) is 88.0 Å². The first-order chi connectivity index (χ1) is 22.0. The van der Waals surface area contributed by atoms with E-state index in [2.05, 4.69) is 41.5 Å². The molecule has 0 atom stereocenters. The van der Waals surface area contributed by atoms with Gasteiger partial charge in [0.05, 0.1) is 24.5 Å². The van der Waals surface area contributed by atoms with Crippen molar-refractivity contribution in [1.29, 1.82) is 0 Å². The number of rotatable bonds is 8. The van der Waals surface area contributed by atoms with Crippen molar-refractivity contribution in [1.82, 2.24) is 20.2 Å². The molecular formula is C35H33FN4O3S2. The van der Waals surface area contributed by atoms with Crippen LogP contribution >= 0.6 is 22.7 Å². The van der Waals surface area contributed by atoms with Crippen molar-refractivity contribution < 1.29 is 18.7 Å². The summed E-state index contributed by atoms with van der Waals surface area (Å²) < 4.78 is 26.9. The van der Waals surface area contributed by atoms with Crippen LogP contribution in [0, 0.1) is 5.82 Å². The number of pyridine rings is 1. The third kappa shape index (κ3) is 5.79. The van der Waals surface area contributed by atoms with Crippen LogP contribution in [0.5, 0.6) is 5.75 Å². The van der Waals surface area contributed by atoms with Crippen LogP contribution in [-0.4, -0.2) is 54.2 Å². The Labute approximate surface area is 269 Å². The van der Waals surface area contributed by atoms with Crippen molar-refractivity contribution in [2.45, 2.75) is 32.4 Å². The fourth-order valence-corrected chi connectivity index (χ4v) is 8.20. The first-order valence-corrected chi connectivity index (χ1v) is 16.8. The van der Waals surface area contributed by atoms with E-state index >= 15 is 0 Å². The maximum absolute atomic E-state index is 14.6. The molecule has 7 rings (SSSR count). The smallest absolute Gasteiger partial charge is 0.246 e. The third-order valence-corrected chi connectivity index (χ3v) is 10.4. The van der Waals surface area contributed by atoms with Crippen LogP contribution < -0.4 is 10.1 Å². The number of aryl methyl sites for hydroxylation is 1. The van der Waals surface area contributed by atoms with Crippen molar-refractivity contribution >= 4 is 38.7 Å². The third-order valence-electron chi connectivity index (χ3n) is 8.38. The number of aromatic nitrogens is 2. The van der Waals surface area contributed by atoms with Crippen molar-refractivity contribution in [3.8, 4) is 38.8 Å². The molecule has 2 aliphatic rings. The Balaban J connectivity index is 1.44. The monoisotopic (exact) mass is 640 g/mol. The summed E-state index contributed by atoms with van der Waals surface area (Å²) in [4.78, 5) is 25.8. The number of nitrogens with one attached hydrogen (secondary N) is 1. The lowest BCUT2D eigenvalue weighted by Gasteiger charge is -2.24. The quantitative estimate of drug-likeness (QED) is 0.145. The molecule has 5 heterocycles. The number of benzene rings is 2. The Bertz CT molecular complexity index is 1920. The van der Waals surface area contributed by atoms with E-state index in [0.717, 1.165) is 79.7 Å². The second kappa shape index (κ2) is 12.8. The molecule has 2 aliphatic heterocycles. The van der Waals surface area contributed by atoms with Crippen LogP contribution in [0.4, 0.5) is 4.39 Å². The van der Waals surface area contributed by atoms with E-state index in [-0.39, 0.29) is 18.3 Å². The van der Waals surface area contributed by atoms with Crippen molar-refractivity contribution in [2.24, 2.45) is 0 Å². The van der Waals surface area contributed by atoms with Gasteiger partial charge in [-0.2, -0.15) is 0 Å². The van der Waals surface area contributed by atoms with E-state index in [4.69, 9.17) is 19.4 Å². The highest BCUT2D eigenvalue weighted by Crippen LogP contribution is 2.47. The number of nitrogens with zero attached hydrogens (tertiary/aromatic N) is 3. The lowest BCUT2D eigenvalue weighted by molar-refractivity contribution is -0.126. The highest BCUT2D eigenvalue weighted by Gasteiger charge is 2.28. The molecule has 0 aliphatic carbocycles. The molecule has 45 heavy (non-hydrogen) atoms.